The number of pyridine rings is 1. The van der Waals surface area contributed by atoms with Crippen LogP contribution < -0.4 is 10.1 Å². The Balaban J connectivity index is 1.40. The van der Waals surface area contributed by atoms with E-state index < -0.39 is 9.84 Å². The highest BCUT2D eigenvalue weighted by Gasteiger charge is 2.26. The predicted octanol–water partition coefficient (Wildman–Crippen LogP) is 2.54. The first-order valence-corrected chi connectivity index (χ1v) is 11.2. The van der Waals surface area contributed by atoms with Gasteiger partial charge in [0.15, 0.2) is 15.5 Å². The summed E-state index contributed by atoms with van der Waals surface area (Å²) in [5.74, 6) is 1.65. The molecule has 9 nitrogen and oxygen atoms in total. The van der Waals surface area contributed by atoms with E-state index in [9.17, 15) is 8.42 Å². The lowest BCUT2D eigenvalue weighted by Crippen LogP contribution is -2.30. The van der Waals surface area contributed by atoms with Crippen molar-refractivity contribution in [1.29, 1.82) is 0 Å². The molecule has 0 unspecified atom stereocenters. The van der Waals surface area contributed by atoms with Gasteiger partial charge in [0.25, 0.3) is 0 Å². The lowest BCUT2D eigenvalue weighted by atomic mass is 10.2. The number of rotatable bonds is 4. The maximum atomic E-state index is 11.6. The molecule has 0 radical (unpaired) electrons. The summed E-state index contributed by atoms with van der Waals surface area (Å²) < 4.78 is 31.1. The second-order valence-corrected chi connectivity index (χ2v) is 9.53. The zero-order chi connectivity index (χ0) is 20.0. The summed E-state index contributed by atoms with van der Waals surface area (Å²) >= 11 is 0. The van der Waals surface area contributed by atoms with Gasteiger partial charge in [-0.05, 0) is 43.2 Å². The third kappa shape index (κ3) is 3.39. The van der Waals surface area contributed by atoms with Crippen LogP contribution in [0.3, 0.4) is 0 Å². The second-order valence-electron chi connectivity index (χ2n) is 7.23. The van der Waals surface area contributed by atoms with E-state index in [0.717, 1.165) is 27.8 Å². The van der Waals surface area contributed by atoms with Crippen molar-refractivity contribution in [3.05, 3.63) is 36.5 Å². The number of sulfone groups is 1. The van der Waals surface area contributed by atoms with Crippen LogP contribution in [0.1, 0.15) is 12.8 Å². The third-order valence-electron chi connectivity index (χ3n) is 5.20. The van der Waals surface area contributed by atoms with Gasteiger partial charge in [-0.1, -0.05) is 0 Å². The highest BCUT2D eigenvalue weighted by Crippen LogP contribution is 2.31. The van der Waals surface area contributed by atoms with Gasteiger partial charge in [0, 0.05) is 18.9 Å². The van der Waals surface area contributed by atoms with E-state index in [-0.39, 0.29) is 17.6 Å². The number of anilines is 2. The molecule has 3 aromatic heterocycles. The fourth-order valence-corrected chi connectivity index (χ4v) is 5.07. The minimum atomic E-state index is -2.92. The Labute approximate surface area is 167 Å². The number of benzene rings is 1. The smallest absolute Gasteiger partial charge is 0.241 e. The summed E-state index contributed by atoms with van der Waals surface area (Å²) in [4.78, 5) is 4.22. The van der Waals surface area contributed by atoms with Crippen molar-refractivity contribution in [2.75, 3.05) is 16.8 Å². The molecule has 10 heteroatoms. The average Bonchev–Trinajstić information content (AvgIpc) is 3.25. The molecule has 4 heterocycles. The van der Waals surface area contributed by atoms with Gasteiger partial charge in [-0.25, -0.2) is 13.4 Å². The predicted molar refractivity (Wildman–Crippen MR) is 110 cm³/mol. The van der Waals surface area contributed by atoms with Crippen molar-refractivity contribution in [3.63, 3.8) is 0 Å². The van der Waals surface area contributed by atoms with Gasteiger partial charge in [0.2, 0.25) is 5.88 Å². The van der Waals surface area contributed by atoms with Crippen LogP contribution in [0.4, 0.5) is 11.5 Å². The Hall–Kier alpha value is -3.14. The topological polar surface area (TPSA) is 115 Å². The molecule has 0 bridgehead atoms. The number of hydrogen-bond acceptors (Lipinski definition) is 7. The Morgan fingerprint density at radius 3 is 2.86 bits per heavy atom. The highest BCUT2D eigenvalue weighted by molar-refractivity contribution is 7.91. The SMILES string of the molecule is Cn1nc(OC2CCS(=O)(=O)CC2)c2ccc(Nc3[nH]nc4ncccc34)cc21. The molecule has 1 aliphatic heterocycles. The molecule has 0 amide bonds. The molecule has 1 saturated heterocycles. The molecule has 29 heavy (non-hydrogen) atoms. The summed E-state index contributed by atoms with van der Waals surface area (Å²) in [6.45, 7) is 0. The monoisotopic (exact) mass is 412 g/mol. The number of aromatic nitrogens is 5. The van der Waals surface area contributed by atoms with Crippen LogP contribution in [0, 0.1) is 0 Å². The minimum Gasteiger partial charge on any atom is -0.473 e. The van der Waals surface area contributed by atoms with Gasteiger partial charge >= 0.3 is 0 Å². The van der Waals surface area contributed by atoms with Gasteiger partial charge in [-0.15, -0.1) is 5.10 Å². The molecule has 0 aliphatic carbocycles. The van der Waals surface area contributed by atoms with E-state index >= 15 is 0 Å². The molecule has 1 fully saturated rings. The Morgan fingerprint density at radius 1 is 1.21 bits per heavy atom. The van der Waals surface area contributed by atoms with Gasteiger partial charge in [0.1, 0.15) is 11.9 Å². The molecule has 0 spiro atoms. The van der Waals surface area contributed by atoms with Crippen molar-refractivity contribution in [2.24, 2.45) is 7.05 Å². The molecular weight excluding hydrogens is 392 g/mol. The van der Waals surface area contributed by atoms with Crippen LogP contribution in [-0.2, 0) is 16.9 Å². The standard InChI is InChI=1S/C19H20N6O3S/c1-25-16-11-12(21-18-15-3-2-8-20-17(15)22-23-18)4-5-14(16)19(24-25)28-13-6-9-29(26,27)10-7-13/h2-5,8,11,13H,6-7,9-10H2,1H3,(H2,20,21,22,23). The van der Waals surface area contributed by atoms with E-state index in [1.165, 1.54) is 0 Å². The maximum absolute atomic E-state index is 11.6. The summed E-state index contributed by atoms with van der Waals surface area (Å²) in [5.41, 5.74) is 2.45. The number of nitrogens with one attached hydrogen (secondary N) is 2. The molecule has 1 aromatic carbocycles. The second kappa shape index (κ2) is 6.73. The summed E-state index contributed by atoms with van der Waals surface area (Å²) in [6, 6.07) is 9.71. The first-order valence-electron chi connectivity index (χ1n) is 9.38. The van der Waals surface area contributed by atoms with Crippen molar-refractivity contribution in [2.45, 2.75) is 18.9 Å². The van der Waals surface area contributed by atoms with Gasteiger partial charge < -0.3 is 10.1 Å². The summed E-state index contributed by atoms with van der Waals surface area (Å²) in [7, 11) is -1.06. The lowest BCUT2D eigenvalue weighted by Gasteiger charge is -2.22. The number of hydrogen-bond donors (Lipinski definition) is 2. The molecule has 4 aromatic rings. The molecule has 0 atom stereocenters. The zero-order valence-electron chi connectivity index (χ0n) is 15.8. The maximum Gasteiger partial charge on any atom is 0.241 e. The van der Waals surface area contributed by atoms with Crippen molar-refractivity contribution in [1.82, 2.24) is 25.0 Å². The van der Waals surface area contributed by atoms with Crippen molar-refractivity contribution < 1.29 is 13.2 Å². The van der Waals surface area contributed by atoms with E-state index in [1.807, 2.05) is 37.4 Å². The van der Waals surface area contributed by atoms with Crippen LogP contribution in [0.5, 0.6) is 5.88 Å². The molecule has 0 saturated carbocycles. The van der Waals surface area contributed by atoms with Crippen LogP contribution in [0.15, 0.2) is 36.5 Å². The first-order chi connectivity index (χ1) is 14.0. The fourth-order valence-electron chi connectivity index (χ4n) is 3.62. The average molecular weight is 412 g/mol. The highest BCUT2D eigenvalue weighted by atomic mass is 32.2. The number of aryl methyl sites for hydroxylation is 1. The summed E-state index contributed by atoms with van der Waals surface area (Å²) in [5, 5.41) is 16.8. The van der Waals surface area contributed by atoms with Crippen LogP contribution in [-0.4, -0.2) is 51.0 Å². The third-order valence-corrected chi connectivity index (χ3v) is 6.91. The van der Waals surface area contributed by atoms with Crippen molar-refractivity contribution in [3.8, 4) is 5.88 Å². The number of fused-ring (bicyclic) bond motifs is 2. The Bertz CT molecular complexity index is 1300. The minimum absolute atomic E-state index is 0.127. The lowest BCUT2D eigenvalue weighted by molar-refractivity contribution is 0.183. The largest absolute Gasteiger partial charge is 0.473 e. The van der Waals surface area contributed by atoms with Crippen LogP contribution >= 0.6 is 0 Å². The molecule has 5 rings (SSSR count). The van der Waals surface area contributed by atoms with E-state index in [0.29, 0.717) is 24.4 Å². The summed E-state index contributed by atoms with van der Waals surface area (Å²) in [6.07, 6.45) is 2.58. The normalized spacial score (nSPS) is 17.0. The molecule has 2 N–H and O–H groups in total. The Kier molecular flexibility index (Phi) is 4.16. The van der Waals surface area contributed by atoms with Crippen LogP contribution in [0.25, 0.3) is 21.9 Å². The van der Waals surface area contributed by atoms with Gasteiger partial charge in [-0.2, -0.15) is 5.10 Å². The molecule has 1 aliphatic rings. The van der Waals surface area contributed by atoms with Gasteiger partial charge in [0.05, 0.1) is 27.8 Å². The van der Waals surface area contributed by atoms with Crippen molar-refractivity contribution >= 4 is 43.3 Å². The van der Waals surface area contributed by atoms with E-state index in [4.69, 9.17) is 4.74 Å². The number of H-pyrrole nitrogens is 1. The Morgan fingerprint density at radius 2 is 2.03 bits per heavy atom. The number of aromatic amines is 1. The number of nitrogens with zero attached hydrogens (tertiary/aromatic N) is 4. The number of ether oxygens (including phenoxy) is 1. The molecular formula is C19H20N6O3S. The van der Waals surface area contributed by atoms with Gasteiger partial charge in [-0.3, -0.25) is 9.78 Å². The zero-order valence-corrected chi connectivity index (χ0v) is 16.6. The quantitative estimate of drug-likeness (QED) is 0.529. The molecule has 150 valence electrons. The first kappa shape index (κ1) is 17.9. The van der Waals surface area contributed by atoms with E-state index in [2.05, 4.69) is 25.6 Å². The van der Waals surface area contributed by atoms with E-state index in [1.54, 1.807) is 10.9 Å². The fraction of sp³-hybridized carbons (Fsp3) is 0.316. The van der Waals surface area contributed by atoms with Crippen LogP contribution in [0.2, 0.25) is 0 Å².